The number of aromatic nitrogens is 1. The van der Waals surface area contributed by atoms with Gasteiger partial charge in [0.25, 0.3) is 0 Å². The van der Waals surface area contributed by atoms with E-state index in [2.05, 4.69) is 46.5 Å². The van der Waals surface area contributed by atoms with Crippen molar-refractivity contribution in [3.05, 3.63) is 24.0 Å². The molecule has 1 aliphatic rings. The molecule has 1 saturated heterocycles. The fourth-order valence-corrected chi connectivity index (χ4v) is 2.59. The molecule has 1 unspecified atom stereocenters. The summed E-state index contributed by atoms with van der Waals surface area (Å²) in [5.41, 5.74) is 2.19. The monoisotopic (exact) mass is 290 g/mol. The number of pyridine rings is 1. The molecule has 21 heavy (non-hydrogen) atoms. The molecule has 0 spiro atoms. The third-order valence-corrected chi connectivity index (χ3v) is 3.85. The normalized spacial score (nSPS) is 17.2. The highest BCUT2D eigenvalue weighted by atomic mass is 16.1. The summed E-state index contributed by atoms with van der Waals surface area (Å²) in [4.78, 5) is 18.2. The lowest BCUT2D eigenvalue weighted by molar-refractivity contribution is -0.120. The number of anilines is 1. The molecular weight excluding hydrogens is 264 g/mol. The average molecular weight is 290 g/mol. The maximum Gasteiger partial charge on any atom is 0.221 e. The van der Waals surface area contributed by atoms with Crippen molar-refractivity contribution in [2.24, 2.45) is 0 Å². The van der Waals surface area contributed by atoms with Crippen LogP contribution in [0, 0.1) is 0 Å². The highest BCUT2D eigenvalue weighted by Gasteiger charge is 2.15. The molecule has 1 aromatic heterocycles. The van der Waals surface area contributed by atoms with Gasteiger partial charge in [-0.1, -0.05) is 13.8 Å². The second kappa shape index (κ2) is 7.98. The molecule has 5 nitrogen and oxygen atoms in total. The lowest BCUT2D eigenvalue weighted by Gasteiger charge is -2.22. The fourth-order valence-electron chi connectivity index (χ4n) is 2.59. The standard InChI is InChI=1S/C16H26N4O/c1-3-8-17-14(4-2)15-6-5-13(12-19-15)20-10-7-16(21)18-9-11-20/h5-6,12,14,17H,3-4,7-11H2,1-2H3,(H,18,21). The van der Waals surface area contributed by atoms with Gasteiger partial charge in [0, 0.05) is 32.1 Å². The molecule has 0 bridgehead atoms. The van der Waals surface area contributed by atoms with Gasteiger partial charge in [0.2, 0.25) is 5.91 Å². The minimum absolute atomic E-state index is 0.136. The van der Waals surface area contributed by atoms with Crippen LogP contribution in [-0.4, -0.2) is 37.1 Å². The Hall–Kier alpha value is -1.62. The van der Waals surface area contributed by atoms with Crippen molar-refractivity contribution >= 4 is 11.6 Å². The number of amides is 1. The van der Waals surface area contributed by atoms with Gasteiger partial charge < -0.3 is 15.5 Å². The summed E-state index contributed by atoms with van der Waals surface area (Å²) in [5.74, 6) is 0.136. The van der Waals surface area contributed by atoms with Gasteiger partial charge in [-0.05, 0) is 31.5 Å². The van der Waals surface area contributed by atoms with Gasteiger partial charge in [0.05, 0.1) is 17.6 Å². The molecule has 2 rings (SSSR count). The third kappa shape index (κ3) is 4.43. The van der Waals surface area contributed by atoms with Crippen molar-refractivity contribution in [2.45, 2.75) is 39.2 Å². The average Bonchev–Trinajstić information content (AvgIpc) is 2.73. The van der Waals surface area contributed by atoms with Crippen molar-refractivity contribution in [2.75, 3.05) is 31.1 Å². The van der Waals surface area contributed by atoms with Crippen LogP contribution in [0.25, 0.3) is 0 Å². The minimum Gasteiger partial charge on any atom is -0.368 e. The van der Waals surface area contributed by atoms with Gasteiger partial charge in [0.15, 0.2) is 0 Å². The van der Waals surface area contributed by atoms with Gasteiger partial charge >= 0.3 is 0 Å². The van der Waals surface area contributed by atoms with Crippen LogP contribution < -0.4 is 15.5 Å². The van der Waals surface area contributed by atoms with E-state index in [4.69, 9.17) is 0 Å². The third-order valence-electron chi connectivity index (χ3n) is 3.85. The Morgan fingerprint density at radius 2 is 2.24 bits per heavy atom. The number of carbonyl (C=O) groups excluding carboxylic acids is 1. The summed E-state index contributed by atoms with van der Waals surface area (Å²) >= 11 is 0. The van der Waals surface area contributed by atoms with Crippen LogP contribution in [0.15, 0.2) is 18.3 Å². The van der Waals surface area contributed by atoms with E-state index >= 15 is 0 Å². The molecule has 2 heterocycles. The first-order valence-electron chi connectivity index (χ1n) is 7.95. The lowest BCUT2D eigenvalue weighted by atomic mass is 10.1. The van der Waals surface area contributed by atoms with E-state index in [9.17, 15) is 4.79 Å². The molecule has 0 aromatic carbocycles. The second-order valence-electron chi connectivity index (χ2n) is 5.44. The topological polar surface area (TPSA) is 57.3 Å². The van der Waals surface area contributed by atoms with E-state index in [0.717, 1.165) is 43.9 Å². The number of rotatable bonds is 6. The summed E-state index contributed by atoms with van der Waals surface area (Å²) < 4.78 is 0. The van der Waals surface area contributed by atoms with Crippen LogP contribution in [-0.2, 0) is 4.79 Å². The molecule has 1 fully saturated rings. The van der Waals surface area contributed by atoms with Crippen molar-refractivity contribution in [1.82, 2.24) is 15.6 Å². The summed E-state index contributed by atoms with van der Waals surface area (Å²) in [7, 11) is 0. The quantitative estimate of drug-likeness (QED) is 0.839. The Morgan fingerprint density at radius 1 is 1.38 bits per heavy atom. The lowest BCUT2D eigenvalue weighted by Crippen LogP contribution is -2.28. The van der Waals surface area contributed by atoms with E-state index in [1.54, 1.807) is 0 Å². The fraction of sp³-hybridized carbons (Fsp3) is 0.625. The smallest absolute Gasteiger partial charge is 0.221 e. The van der Waals surface area contributed by atoms with Crippen molar-refractivity contribution < 1.29 is 4.79 Å². The van der Waals surface area contributed by atoms with E-state index in [0.29, 0.717) is 19.0 Å². The first-order valence-corrected chi connectivity index (χ1v) is 7.95. The first-order chi connectivity index (χ1) is 10.2. The SMILES string of the molecule is CCCNC(CC)c1ccc(N2CCNC(=O)CC2)cn1. The zero-order valence-electron chi connectivity index (χ0n) is 13.1. The maximum atomic E-state index is 11.4. The van der Waals surface area contributed by atoms with E-state index in [1.807, 2.05) is 6.20 Å². The van der Waals surface area contributed by atoms with Crippen LogP contribution in [0.3, 0.4) is 0 Å². The Kier molecular flexibility index (Phi) is 5.99. The molecule has 1 amide bonds. The molecule has 5 heteroatoms. The van der Waals surface area contributed by atoms with Crippen LogP contribution >= 0.6 is 0 Å². The zero-order chi connectivity index (χ0) is 15.1. The summed E-state index contributed by atoms with van der Waals surface area (Å²) in [6, 6.07) is 4.55. The minimum atomic E-state index is 0.136. The molecule has 0 radical (unpaired) electrons. The number of hydrogen-bond acceptors (Lipinski definition) is 4. The molecule has 0 aliphatic carbocycles. The number of nitrogens with one attached hydrogen (secondary N) is 2. The maximum absolute atomic E-state index is 11.4. The summed E-state index contributed by atoms with van der Waals surface area (Å²) in [6.07, 6.45) is 4.65. The zero-order valence-corrected chi connectivity index (χ0v) is 13.1. The number of carbonyl (C=O) groups is 1. The van der Waals surface area contributed by atoms with Crippen LogP contribution in [0.1, 0.15) is 44.8 Å². The predicted octanol–water partition coefficient (Wildman–Crippen LogP) is 1.86. The Morgan fingerprint density at radius 3 is 2.90 bits per heavy atom. The molecule has 116 valence electrons. The first kappa shape index (κ1) is 15.8. The Balaban J connectivity index is 2.01. The Bertz CT molecular complexity index is 446. The van der Waals surface area contributed by atoms with Gasteiger partial charge in [-0.25, -0.2) is 0 Å². The highest BCUT2D eigenvalue weighted by Crippen LogP contribution is 2.19. The number of nitrogens with zero attached hydrogens (tertiary/aromatic N) is 2. The van der Waals surface area contributed by atoms with Crippen molar-refractivity contribution in [3.63, 3.8) is 0 Å². The van der Waals surface area contributed by atoms with Gasteiger partial charge in [-0.15, -0.1) is 0 Å². The molecular formula is C16H26N4O. The Labute approximate surface area is 127 Å². The summed E-state index contributed by atoms with van der Waals surface area (Å²) in [6.45, 7) is 7.67. The van der Waals surface area contributed by atoms with Gasteiger partial charge in [0.1, 0.15) is 0 Å². The molecule has 1 atom stereocenters. The van der Waals surface area contributed by atoms with Crippen LogP contribution in [0.5, 0.6) is 0 Å². The van der Waals surface area contributed by atoms with E-state index in [1.165, 1.54) is 0 Å². The molecule has 0 saturated carbocycles. The van der Waals surface area contributed by atoms with Crippen molar-refractivity contribution in [1.29, 1.82) is 0 Å². The predicted molar refractivity (Wildman–Crippen MR) is 85.4 cm³/mol. The summed E-state index contributed by atoms with van der Waals surface area (Å²) in [5, 5.41) is 6.41. The van der Waals surface area contributed by atoms with Gasteiger partial charge in [-0.2, -0.15) is 0 Å². The van der Waals surface area contributed by atoms with E-state index in [-0.39, 0.29) is 5.91 Å². The molecule has 1 aliphatic heterocycles. The molecule has 2 N–H and O–H groups in total. The van der Waals surface area contributed by atoms with Crippen LogP contribution in [0.2, 0.25) is 0 Å². The van der Waals surface area contributed by atoms with Gasteiger partial charge in [-0.3, -0.25) is 9.78 Å². The second-order valence-corrected chi connectivity index (χ2v) is 5.44. The highest BCUT2D eigenvalue weighted by molar-refractivity contribution is 5.77. The van der Waals surface area contributed by atoms with E-state index < -0.39 is 0 Å². The number of hydrogen-bond donors (Lipinski definition) is 2. The van der Waals surface area contributed by atoms with Crippen molar-refractivity contribution in [3.8, 4) is 0 Å². The molecule has 1 aromatic rings. The largest absolute Gasteiger partial charge is 0.368 e. The van der Waals surface area contributed by atoms with Crippen LogP contribution in [0.4, 0.5) is 5.69 Å².